The minimum absolute atomic E-state index is 0.0138. The van der Waals surface area contributed by atoms with E-state index in [9.17, 15) is 24.6 Å². The number of hydrogen-bond acceptors (Lipinski definition) is 7. The van der Waals surface area contributed by atoms with Crippen molar-refractivity contribution in [3.8, 4) is 5.75 Å². The van der Waals surface area contributed by atoms with E-state index in [0.717, 1.165) is 5.56 Å². The lowest BCUT2D eigenvalue weighted by Crippen LogP contribution is -2.69. The first-order valence-electron chi connectivity index (χ1n) is 15.0. The number of benzene rings is 2. The van der Waals surface area contributed by atoms with E-state index in [1.54, 1.807) is 19.1 Å². The zero-order valence-corrected chi connectivity index (χ0v) is 24.7. The molecule has 232 valence electrons. The van der Waals surface area contributed by atoms with Crippen molar-refractivity contribution in [3.63, 3.8) is 0 Å². The van der Waals surface area contributed by atoms with Gasteiger partial charge in [0.05, 0.1) is 11.7 Å². The van der Waals surface area contributed by atoms with Gasteiger partial charge >= 0.3 is 5.97 Å². The van der Waals surface area contributed by atoms with Gasteiger partial charge in [0.1, 0.15) is 24.8 Å². The van der Waals surface area contributed by atoms with Crippen molar-refractivity contribution >= 4 is 17.5 Å². The van der Waals surface area contributed by atoms with Crippen molar-refractivity contribution in [3.05, 3.63) is 89.3 Å². The Morgan fingerprint density at radius 3 is 2.43 bits per heavy atom. The second-order valence-electron chi connectivity index (χ2n) is 13.0. The molecule has 0 radical (unpaired) electrons. The highest BCUT2D eigenvalue weighted by atomic mass is 19.1. The van der Waals surface area contributed by atoms with Gasteiger partial charge < -0.3 is 19.7 Å². The minimum Gasteiger partial charge on any atom is -0.489 e. The molecule has 44 heavy (non-hydrogen) atoms. The van der Waals surface area contributed by atoms with E-state index in [0.29, 0.717) is 12.4 Å². The smallest absolute Gasteiger partial charge is 0.339 e. The van der Waals surface area contributed by atoms with E-state index >= 15 is 8.78 Å². The van der Waals surface area contributed by atoms with Crippen LogP contribution in [0.2, 0.25) is 0 Å². The van der Waals surface area contributed by atoms with Crippen molar-refractivity contribution < 1.29 is 42.9 Å². The fourth-order valence-electron chi connectivity index (χ4n) is 8.62. The average molecular weight is 607 g/mol. The predicted molar refractivity (Wildman–Crippen MR) is 156 cm³/mol. The molecule has 2 aromatic rings. The van der Waals surface area contributed by atoms with Crippen molar-refractivity contribution in [1.29, 1.82) is 0 Å². The number of hydrogen-bond donors (Lipinski definition) is 2. The molecule has 6 rings (SSSR count). The number of Topliss-reactive ketones (excluding diaryl/α,β-unsaturated/α-hetero) is 1. The van der Waals surface area contributed by atoms with Gasteiger partial charge in [-0.2, -0.15) is 0 Å². The summed E-state index contributed by atoms with van der Waals surface area (Å²) in [5, 5.41) is 21.6. The average Bonchev–Trinajstić information content (AvgIpc) is 3.30. The molecule has 0 aliphatic heterocycles. The lowest BCUT2D eigenvalue weighted by molar-refractivity contribution is -0.214. The standard InChI is InChI=1S/C35H36F2O7/c1-32-14-12-23(39)16-27(32)28(36)17-26-25-13-15-34(30(41)19-38,33(25,2)18-29(40)35(26,32)37)44-31(42)22-8-10-24(11-9-22)43-20-21-6-4-3-5-7-21/h3-12,14,25-26,29,38,40H,13,15-20H2,1-2H3/t25-,26-,29-,32-,33-,34-,35-/m0/s1. The summed E-state index contributed by atoms with van der Waals surface area (Å²) in [5.41, 5.74) is -5.88. The zero-order valence-electron chi connectivity index (χ0n) is 24.7. The Morgan fingerprint density at radius 1 is 1.05 bits per heavy atom. The Balaban J connectivity index is 1.29. The predicted octanol–water partition coefficient (Wildman–Crippen LogP) is 5.39. The SMILES string of the molecule is C[C@]12C=CC(=O)CC1=C(F)C[C@H]1[C@@H]3CC[C@](OC(=O)c4ccc(OCc5ccccc5)cc4)(C(=O)CO)[C@@]3(C)C[C@H](O)[C@@]12F. The topological polar surface area (TPSA) is 110 Å². The maximum atomic E-state index is 17.4. The van der Waals surface area contributed by atoms with Gasteiger partial charge in [0.15, 0.2) is 17.1 Å². The van der Waals surface area contributed by atoms with Crippen LogP contribution in [0.15, 0.2) is 78.1 Å². The molecule has 2 N–H and O–H groups in total. The molecular formula is C35H36F2O7. The lowest BCUT2D eigenvalue weighted by atomic mass is 9.45. The van der Waals surface area contributed by atoms with Gasteiger partial charge in [-0.05, 0) is 73.6 Å². The van der Waals surface area contributed by atoms with Gasteiger partial charge in [-0.15, -0.1) is 0 Å². The Kier molecular flexibility index (Phi) is 7.40. The summed E-state index contributed by atoms with van der Waals surface area (Å²) in [7, 11) is 0. The van der Waals surface area contributed by atoms with Gasteiger partial charge in [0.25, 0.3) is 0 Å². The third-order valence-electron chi connectivity index (χ3n) is 11.0. The highest BCUT2D eigenvalue weighted by molar-refractivity contribution is 5.96. The molecule has 4 aliphatic carbocycles. The number of aliphatic hydroxyl groups is 2. The van der Waals surface area contributed by atoms with Crippen molar-refractivity contribution in [2.75, 3.05) is 6.61 Å². The van der Waals surface area contributed by atoms with Gasteiger partial charge in [0.2, 0.25) is 5.78 Å². The van der Waals surface area contributed by atoms with Gasteiger partial charge in [0, 0.05) is 29.6 Å². The summed E-state index contributed by atoms with van der Waals surface area (Å²) in [4.78, 5) is 39.2. The van der Waals surface area contributed by atoms with Crippen LogP contribution in [0.5, 0.6) is 5.75 Å². The van der Waals surface area contributed by atoms with E-state index < -0.39 is 64.2 Å². The molecule has 0 unspecified atom stereocenters. The Hall–Kier alpha value is -3.69. The van der Waals surface area contributed by atoms with Crippen LogP contribution in [0.1, 0.15) is 61.9 Å². The van der Waals surface area contributed by atoms with Crippen LogP contribution in [0.25, 0.3) is 0 Å². The Morgan fingerprint density at radius 2 is 1.75 bits per heavy atom. The molecule has 2 aromatic carbocycles. The van der Waals surface area contributed by atoms with Crippen LogP contribution in [0, 0.1) is 22.7 Å². The minimum atomic E-state index is -2.32. The van der Waals surface area contributed by atoms with Crippen molar-refractivity contribution in [2.45, 2.75) is 69.9 Å². The number of allylic oxidation sites excluding steroid dienone is 4. The number of alkyl halides is 1. The fourth-order valence-corrected chi connectivity index (χ4v) is 8.62. The monoisotopic (exact) mass is 606 g/mol. The molecule has 9 heteroatoms. The molecule has 7 atom stereocenters. The number of fused-ring (bicyclic) bond motifs is 5. The number of ketones is 2. The largest absolute Gasteiger partial charge is 0.489 e. The van der Waals surface area contributed by atoms with Crippen LogP contribution >= 0.6 is 0 Å². The molecule has 4 aliphatic rings. The first kappa shape index (κ1) is 30.3. The van der Waals surface area contributed by atoms with Crippen molar-refractivity contribution in [2.24, 2.45) is 22.7 Å². The highest BCUT2D eigenvalue weighted by Crippen LogP contribution is 2.70. The van der Waals surface area contributed by atoms with E-state index in [4.69, 9.17) is 9.47 Å². The van der Waals surface area contributed by atoms with Crippen LogP contribution in [0.3, 0.4) is 0 Å². The molecular weight excluding hydrogens is 570 g/mol. The van der Waals surface area contributed by atoms with Gasteiger partial charge in [-0.25, -0.2) is 13.6 Å². The third-order valence-corrected chi connectivity index (χ3v) is 11.0. The van der Waals surface area contributed by atoms with Gasteiger partial charge in [-0.3, -0.25) is 9.59 Å². The molecule has 0 aromatic heterocycles. The maximum Gasteiger partial charge on any atom is 0.339 e. The highest BCUT2D eigenvalue weighted by Gasteiger charge is 2.76. The third kappa shape index (κ3) is 4.30. The number of halogens is 2. The second kappa shape index (κ2) is 10.7. The fraction of sp³-hybridized carbons (Fsp3) is 0.457. The summed E-state index contributed by atoms with van der Waals surface area (Å²) in [6.07, 6.45) is 0.279. The zero-order chi connectivity index (χ0) is 31.5. The number of carbonyl (C=O) groups is 3. The molecule has 7 nitrogen and oxygen atoms in total. The molecule has 0 bridgehead atoms. The summed E-state index contributed by atoms with van der Waals surface area (Å²) in [6.45, 7) is 2.58. The van der Waals surface area contributed by atoms with Crippen LogP contribution in [-0.4, -0.2) is 51.7 Å². The number of rotatable bonds is 7. The van der Waals surface area contributed by atoms with Crippen LogP contribution in [-0.2, 0) is 20.9 Å². The number of aliphatic hydroxyl groups excluding tert-OH is 2. The molecule has 2 fully saturated rings. The maximum absolute atomic E-state index is 17.4. The summed E-state index contributed by atoms with van der Waals surface area (Å²) >= 11 is 0. The molecule has 0 heterocycles. The molecule has 2 saturated carbocycles. The van der Waals surface area contributed by atoms with E-state index in [1.807, 2.05) is 30.3 Å². The van der Waals surface area contributed by atoms with Gasteiger partial charge in [-0.1, -0.05) is 43.3 Å². The molecule has 0 spiro atoms. The van der Waals surface area contributed by atoms with Crippen LogP contribution < -0.4 is 4.74 Å². The van der Waals surface area contributed by atoms with Crippen molar-refractivity contribution in [1.82, 2.24) is 0 Å². The quantitative estimate of drug-likeness (QED) is 0.407. The number of ether oxygens (including phenoxy) is 2. The normalized spacial score (nSPS) is 35.9. The van der Waals surface area contributed by atoms with E-state index in [-0.39, 0.29) is 49.0 Å². The number of esters is 1. The summed E-state index contributed by atoms with van der Waals surface area (Å²) in [6, 6.07) is 15.8. The van der Waals surface area contributed by atoms with E-state index in [1.165, 1.54) is 31.2 Å². The Labute approximate surface area is 254 Å². The molecule has 0 amide bonds. The van der Waals surface area contributed by atoms with Crippen LogP contribution in [0.4, 0.5) is 8.78 Å². The first-order valence-corrected chi connectivity index (χ1v) is 15.0. The van der Waals surface area contributed by atoms with E-state index in [2.05, 4.69) is 0 Å². The second-order valence-corrected chi connectivity index (χ2v) is 13.0. The lowest BCUT2D eigenvalue weighted by Gasteiger charge is -2.62. The summed E-state index contributed by atoms with van der Waals surface area (Å²) in [5.74, 6) is -3.68. The Bertz CT molecular complexity index is 1550. The number of carbonyl (C=O) groups excluding carboxylic acids is 3. The molecule has 0 saturated heterocycles. The summed E-state index contributed by atoms with van der Waals surface area (Å²) < 4.78 is 44.9. The first-order chi connectivity index (χ1) is 20.9.